The summed E-state index contributed by atoms with van der Waals surface area (Å²) in [5.41, 5.74) is 0.804. The van der Waals surface area contributed by atoms with Crippen molar-refractivity contribution >= 4 is 40.4 Å². The van der Waals surface area contributed by atoms with Crippen LogP contribution < -0.4 is 10.6 Å². The lowest BCUT2D eigenvalue weighted by molar-refractivity contribution is -0.224. The van der Waals surface area contributed by atoms with Gasteiger partial charge in [-0.3, -0.25) is 19.2 Å². The maximum Gasteiger partial charge on any atom is 0.327 e. The van der Waals surface area contributed by atoms with E-state index in [1.165, 1.54) is 0 Å². The lowest BCUT2D eigenvalue weighted by atomic mass is 9.62. The molecule has 2 aromatic rings. The molecule has 2 aromatic carbocycles. The van der Waals surface area contributed by atoms with Crippen LogP contribution in [0.5, 0.6) is 0 Å². The van der Waals surface area contributed by atoms with Crippen molar-refractivity contribution in [3.05, 3.63) is 68.8 Å². The number of halogens is 1. The Labute approximate surface area is 301 Å². The van der Waals surface area contributed by atoms with Gasteiger partial charge in [-0.25, -0.2) is 0 Å². The van der Waals surface area contributed by atoms with Crippen LogP contribution in [0.15, 0.2) is 48.5 Å². The highest BCUT2D eigenvalue weighted by molar-refractivity contribution is 14.1. The van der Waals surface area contributed by atoms with Gasteiger partial charge in [-0.2, -0.15) is 5.06 Å². The normalized spacial score (nSPS) is 28.2. The second-order valence-corrected chi connectivity index (χ2v) is 15.0. The Bertz CT molecular complexity index is 1500. The monoisotopic (exact) mass is 789 g/mol. The predicted molar refractivity (Wildman–Crippen MR) is 189 cm³/mol. The van der Waals surface area contributed by atoms with Crippen molar-refractivity contribution in [3.63, 3.8) is 0 Å². The van der Waals surface area contributed by atoms with Crippen molar-refractivity contribution in [2.75, 3.05) is 13.2 Å². The number of hydrogen-bond acceptors (Lipinski definition) is 9. The molecule has 1 saturated carbocycles. The fraction of sp³-hybridized carbons (Fsp3) is 0.595. The number of ether oxygens (including phenoxy) is 3. The van der Waals surface area contributed by atoms with Crippen LogP contribution in [0.3, 0.4) is 0 Å². The number of amides is 2. The molecule has 3 N–H and O–H groups in total. The van der Waals surface area contributed by atoms with Crippen molar-refractivity contribution in [2.45, 2.75) is 121 Å². The van der Waals surface area contributed by atoms with Gasteiger partial charge in [-0.05, 0) is 70.8 Å². The first-order valence-corrected chi connectivity index (χ1v) is 18.8. The average molecular weight is 790 g/mol. The zero-order valence-electron chi connectivity index (χ0n) is 28.3. The molecule has 0 spiro atoms. The van der Waals surface area contributed by atoms with E-state index in [1.54, 1.807) is 23.3 Å². The van der Waals surface area contributed by atoms with E-state index >= 15 is 0 Å². The minimum absolute atomic E-state index is 0.140. The maximum absolute atomic E-state index is 14.7. The van der Waals surface area contributed by atoms with E-state index in [2.05, 4.69) is 47.1 Å². The number of carbonyl (C=O) groups excluding carboxylic acids is 3. The van der Waals surface area contributed by atoms with Crippen LogP contribution in [0, 0.1) is 8.99 Å². The third-order valence-electron chi connectivity index (χ3n) is 10.3. The summed E-state index contributed by atoms with van der Waals surface area (Å²) in [4.78, 5) is 47.9. The minimum Gasteiger partial charge on any atom is -0.458 e. The van der Waals surface area contributed by atoms with Gasteiger partial charge in [-0.15, -0.1) is 0 Å². The van der Waals surface area contributed by atoms with Crippen LogP contribution >= 0.6 is 22.6 Å². The first kappa shape index (κ1) is 36.2. The molecule has 3 saturated heterocycles. The lowest BCUT2D eigenvalue weighted by Gasteiger charge is -2.48. The molecule has 4 aliphatic rings. The molecule has 49 heavy (non-hydrogen) atoms. The number of fused-ring (bicyclic) bond motifs is 4. The van der Waals surface area contributed by atoms with Crippen molar-refractivity contribution < 1.29 is 38.5 Å². The number of nitrogens with one attached hydrogen (secondary N) is 2. The van der Waals surface area contributed by atoms with E-state index in [0.717, 1.165) is 66.1 Å². The number of hydroxylamine groups is 2. The van der Waals surface area contributed by atoms with Crippen LogP contribution in [0.25, 0.3) is 0 Å². The fourth-order valence-corrected chi connectivity index (χ4v) is 8.56. The number of nitrogens with zero attached hydrogens (tertiary/aromatic N) is 1. The molecule has 2 amide bonds. The van der Waals surface area contributed by atoms with Crippen molar-refractivity contribution in [1.29, 1.82) is 0 Å². The van der Waals surface area contributed by atoms with Crippen molar-refractivity contribution in [2.24, 2.45) is 5.41 Å². The Balaban J connectivity index is 1.31. The molecule has 2 bridgehead atoms. The molecule has 4 fully saturated rings. The van der Waals surface area contributed by atoms with Gasteiger partial charge in [0.2, 0.25) is 5.91 Å². The predicted octanol–water partition coefficient (Wildman–Crippen LogP) is 4.77. The number of hydrogen-bond donors (Lipinski definition) is 3. The molecule has 12 heteroatoms. The number of carbonyl (C=O) groups is 3. The summed E-state index contributed by atoms with van der Waals surface area (Å²) in [6.45, 7) is 4.75. The van der Waals surface area contributed by atoms with E-state index in [0.29, 0.717) is 5.56 Å². The molecular formula is C37H48IN3O8. The van der Waals surface area contributed by atoms with Gasteiger partial charge < -0.3 is 30.0 Å². The number of aliphatic hydroxyl groups is 1. The van der Waals surface area contributed by atoms with E-state index in [9.17, 15) is 14.4 Å². The molecule has 6 atom stereocenters. The molecule has 6 rings (SSSR count). The van der Waals surface area contributed by atoms with E-state index in [1.807, 2.05) is 30.3 Å². The standard InChI is InChI=1S/C37H48IN3O8/c1-3-5-7-15-36(16-8-6-4-2)47-29-28-21-37(35(45)40-22-24-11-9-13-26(19-24)33(43)39-17-18-42)31(34(44)46-28)41(49-32(37)30(29)48-36)23-25-12-10-14-27(38)20-25/h9-14,19-20,28-32,42H,3-8,15-18,21-23H2,1-2H3,(H,39,43)(H,40,45)/t28?,29-,30-,31-,32+,37?/m0/s1. The smallest absolute Gasteiger partial charge is 0.327 e. The summed E-state index contributed by atoms with van der Waals surface area (Å²) in [6.07, 6.45) is 5.24. The Morgan fingerprint density at radius 2 is 1.67 bits per heavy atom. The SMILES string of the molecule is CCCCCC1(CCCCC)O[C@@H]2[C@H]3ON(Cc4cccc(I)c4)[C@H]4C(=O)OC(CC34C(=O)NCc3cccc(C(=O)NCCO)c3)[C@@H]2O1. The fourth-order valence-electron chi connectivity index (χ4n) is 7.95. The van der Waals surface area contributed by atoms with Crippen LogP contribution in [-0.4, -0.2) is 77.3 Å². The van der Waals surface area contributed by atoms with E-state index < -0.39 is 47.6 Å². The molecule has 266 valence electrons. The second kappa shape index (κ2) is 15.7. The quantitative estimate of drug-likeness (QED) is 0.125. The molecule has 3 heterocycles. The van der Waals surface area contributed by atoms with Crippen LogP contribution in [0.4, 0.5) is 0 Å². The van der Waals surface area contributed by atoms with Gasteiger partial charge in [0, 0.05) is 41.5 Å². The Hall–Kier alpha value is -2.62. The average Bonchev–Trinajstić information content (AvgIpc) is 3.65. The van der Waals surface area contributed by atoms with Gasteiger partial charge in [0.05, 0.1) is 13.2 Å². The summed E-state index contributed by atoms with van der Waals surface area (Å²) in [6, 6.07) is 14.0. The van der Waals surface area contributed by atoms with Crippen LogP contribution in [0.1, 0.15) is 93.1 Å². The molecule has 0 radical (unpaired) electrons. The third kappa shape index (κ3) is 7.41. The molecular weight excluding hydrogens is 741 g/mol. The van der Waals surface area contributed by atoms with Crippen molar-refractivity contribution in [3.8, 4) is 0 Å². The molecule has 11 nitrogen and oxygen atoms in total. The number of unbranched alkanes of at least 4 members (excludes halogenated alkanes) is 4. The summed E-state index contributed by atoms with van der Waals surface area (Å²) in [5, 5.41) is 16.5. The Morgan fingerprint density at radius 3 is 2.39 bits per heavy atom. The molecule has 1 aliphatic carbocycles. The van der Waals surface area contributed by atoms with Gasteiger partial charge in [-0.1, -0.05) is 63.8 Å². The highest BCUT2D eigenvalue weighted by Gasteiger charge is 2.76. The Morgan fingerprint density at radius 1 is 0.959 bits per heavy atom. The molecule has 3 aliphatic heterocycles. The minimum atomic E-state index is -1.29. The summed E-state index contributed by atoms with van der Waals surface area (Å²) >= 11 is 2.26. The largest absolute Gasteiger partial charge is 0.458 e. The summed E-state index contributed by atoms with van der Waals surface area (Å²) in [5.74, 6) is -1.96. The topological polar surface area (TPSA) is 136 Å². The van der Waals surface area contributed by atoms with Crippen molar-refractivity contribution in [1.82, 2.24) is 15.7 Å². The molecule has 2 unspecified atom stereocenters. The number of benzene rings is 2. The zero-order chi connectivity index (χ0) is 34.6. The Kier molecular flexibility index (Phi) is 11.6. The van der Waals surface area contributed by atoms with Gasteiger partial charge in [0.1, 0.15) is 29.8 Å². The highest BCUT2D eigenvalue weighted by atomic mass is 127. The summed E-state index contributed by atoms with van der Waals surface area (Å²) < 4.78 is 21.0. The maximum atomic E-state index is 14.7. The van der Waals surface area contributed by atoms with Gasteiger partial charge >= 0.3 is 5.97 Å². The first-order chi connectivity index (χ1) is 23.7. The number of aliphatic hydroxyl groups excluding tert-OH is 1. The lowest BCUT2D eigenvalue weighted by Crippen LogP contribution is -2.69. The van der Waals surface area contributed by atoms with Crippen LogP contribution in [0.2, 0.25) is 0 Å². The first-order valence-electron chi connectivity index (χ1n) is 17.7. The number of rotatable bonds is 16. The number of esters is 1. The zero-order valence-corrected chi connectivity index (χ0v) is 30.5. The van der Waals surface area contributed by atoms with E-state index in [-0.39, 0.29) is 44.5 Å². The molecule has 0 aromatic heterocycles. The third-order valence-corrected chi connectivity index (χ3v) is 10.9. The summed E-state index contributed by atoms with van der Waals surface area (Å²) in [7, 11) is 0. The van der Waals surface area contributed by atoms with Gasteiger partial charge in [0.25, 0.3) is 5.91 Å². The van der Waals surface area contributed by atoms with E-state index in [4.69, 9.17) is 24.2 Å². The highest BCUT2D eigenvalue weighted by Crippen LogP contribution is 2.58. The van der Waals surface area contributed by atoms with Gasteiger partial charge in [0.15, 0.2) is 11.8 Å². The van der Waals surface area contributed by atoms with Crippen LogP contribution in [-0.2, 0) is 41.7 Å². The second-order valence-electron chi connectivity index (χ2n) is 13.7.